The van der Waals surface area contributed by atoms with Crippen molar-refractivity contribution in [1.29, 1.82) is 0 Å². The maximum absolute atomic E-state index is 12.3. The molecule has 7 heteroatoms. The molecule has 2 aromatic carbocycles. The van der Waals surface area contributed by atoms with Crippen molar-refractivity contribution in [3.8, 4) is 5.75 Å². The number of fused-ring (bicyclic) bond motifs is 3. The van der Waals surface area contributed by atoms with Crippen LogP contribution in [0.15, 0.2) is 48.5 Å². The summed E-state index contributed by atoms with van der Waals surface area (Å²) in [5.41, 5.74) is 5.11. The molecule has 0 bridgehead atoms. The van der Waals surface area contributed by atoms with Gasteiger partial charge in [-0.3, -0.25) is 4.90 Å². The van der Waals surface area contributed by atoms with Gasteiger partial charge in [-0.25, -0.2) is 4.79 Å². The number of aryl methyl sites for hydroxylation is 2. The fourth-order valence-electron chi connectivity index (χ4n) is 5.23. The SMILES string of the molecule is Cn1c2c(c3cc(OC(=O)NCCc4ccccc4)ccc31)CCC2NCCN1CCOCC1. The van der Waals surface area contributed by atoms with Gasteiger partial charge in [0.25, 0.3) is 0 Å². The number of carbonyl (C=O) groups excluding carboxylic acids is 1. The summed E-state index contributed by atoms with van der Waals surface area (Å²) < 4.78 is 13.3. The Kier molecular flexibility index (Phi) is 7.13. The lowest BCUT2D eigenvalue weighted by Crippen LogP contribution is -2.40. The molecule has 1 amide bonds. The molecule has 2 heterocycles. The molecule has 5 rings (SSSR count). The molecule has 7 nitrogen and oxygen atoms in total. The maximum Gasteiger partial charge on any atom is 0.412 e. The summed E-state index contributed by atoms with van der Waals surface area (Å²) in [5, 5.41) is 7.81. The number of morpholine rings is 1. The lowest BCUT2D eigenvalue weighted by atomic mass is 10.1. The van der Waals surface area contributed by atoms with Crippen molar-refractivity contribution in [1.82, 2.24) is 20.1 Å². The van der Waals surface area contributed by atoms with Crippen LogP contribution < -0.4 is 15.4 Å². The Morgan fingerprint density at radius 3 is 2.76 bits per heavy atom. The van der Waals surface area contributed by atoms with E-state index in [1.54, 1.807) is 0 Å². The van der Waals surface area contributed by atoms with Gasteiger partial charge in [0.05, 0.1) is 13.2 Å². The first-order valence-corrected chi connectivity index (χ1v) is 12.3. The number of hydrogen-bond donors (Lipinski definition) is 2. The van der Waals surface area contributed by atoms with Crippen molar-refractivity contribution in [3.63, 3.8) is 0 Å². The van der Waals surface area contributed by atoms with E-state index < -0.39 is 6.09 Å². The Morgan fingerprint density at radius 2 is 1.94 bits per heavy atom. The van der Waals surface area contributed by atoms with Crippen LogP contribution >= 0.6 is 0 Å². The van der Waals surface area contributed by atoms with Gasteiger partial charge in [0, 0.05) is 62.4 Å². The van der Waals surface area contributed by atoms with E-state index in [4.69, 9.17) is 9.47 Å². The second-order valence-electron chi connectivity index (χ2n) is 9.15. The van der Waals surface area contributed by atoms with Crippen molar-refractivity contribution in [3.05, 3.63) is 65.4 Å². The fourth-order valence-corrected chi connectivity index (χ4v) is 5.23. The minimum Gasteiger partial charge on any atom is -0.410 e. The highest BCUT2D eigenvalue weighted by molar-refractivity contribution is 5.88. The first-order valence-electron chi connectivity index (χ1n) is 12.3. The van der Waals surface area contributed by atoms with Crippen molar-refractivity contribution >= 4 is 17.0 Å². The smallest absolute Gasteiger partial charge is 0.410 e. The van der Waals surface area contributed by atoms with E-state index in [0.717, 1.165) is 58.7 Å². The van der Waals surface area contributed by atoms with Crippen LogP contribution in [0.1, 0.15) is 29.3 Å². The van der Waals surface area contributed by atoms with Crippen molar-refractivity contribution < 1.29 is 14.3 Å². The normalized spacial score (nSPS) is 18.2. The zero-order valence-corrected chi connectivity index (χ0v) is 19.9. The van der Waals surface area contributed by atoms with Gasteiger partial charge in [-0.05, 0) is 48.6 Å². The molecule has 1 aliphatic heterocycles. The number of aromatic nitrogens is 1. The van der Waals surface area contributed by atoms with E-state index in [1.165, 1.54) is 27.7 Å². The molecular weight excluding hydrogens is 428 g/mol. The predicted octanol–water partition coefficient (Wildman–Crippen LogP) is 3.42. The Balaban J connectivity index is 1.19. The molecule has 2 N–H and O–H groups in total. The van der Waals surface area contributed by atoms with Gasteiger partial charge in [0.1, 0.15) is 5.75 Å². The Morgan fingerprint density at radius 1 is 1.12 bits per heavy atom. The van der Waals surface area contributed by atoms with Crippen LogP contribution in [0.3, 0.4) is 0 Å². The number of ether oxygens (including phenoxy) is 2. The molecule has 2 aliphatic rings. The van der Waals surface area contributed by atoms with Crippen LogP contribution in [0.25, 0.3) is 10.9 Å². The van der Waals surface area contributed by atoms with Crippen molar-refractivity contribution in [2.75, 3.05) is 45.9 Å². The topological polar surface area (TPSA) is 67.8 Å². The number of amides is 1. The first kappa shape index (κ1) is 22.9. The van der Waals surface area contributed by atoms with E-state index in [-0.39, 0.29) is 0 Å². The average molecular weight is 463 g/mol. The van der Waals surface area contributed by atoms with Crippen LogP contribution in [0.2, 0.25) is 0 Å². The molecule has 0 radical (unpaired) electrons. The second-order valence-corrected chi connectivity index (χ2v) is 9.15. The molecule has 180 valence electrons. The van der Waals surface area contributed by atoms with E-state index in [0.29, 0.717) is 18.3 Å². The standard InChI is InChI=1S/C27H34N4O3/c1-30-25-10-7-21(34-27(32)29-12-11-20-5-3-2-4-6-20)19-23(25)22-8-9-24(26(22)30)28-13-14-31-15-17-33-18-16-31/h2-7,10,19,24,28H,8-9,11-18H2,1H3,(H,29,32). The number of nitrogens with one attached hydrogen (secondary N) is 2. The molecule has 1 aromatic heterocycles. The molecule has 1 unspecified atom stereocenters. The maximum atomic E-state index is 12.3. The van der Waals surface area contributed by atoms with E-state index in [9.17, 15) is 4.79 Å². The summed E-state index contributed by atoms with van der Waals surface area (Å²) in [5.74, 6) is 0.585. The predicted molar refractivity (Wildman–Crippen MR) is 133 cm³/mol. The lowest BCUT2D eigenvalue weighted by Gasteiger charge is -2.27. The third-order valence-corrected chi connectivity index (χ3v) is 7.00. The largest absolute Gasteiger partial charge is 0.412 e. The highest BCUT2D eigenvalue weighted by Gasteiger charge is 2.29. The van der Waals surface area contributed by atoms with E-state index in [2.05, 4.69) is 45.3 Å². The van der Waals surface area contributed by atoms with E-state index >= 15 is 0 Å². The summed E-state index contributed by atoms with van der Waals surface area (Å²) in [6, 6.07) is 16.4. The van der Waals surface area contributed by atoms with Crippen molar-refractivity contribution in [2.45, 2.75) is 25.3 Å². The average Bonchev–Trinajstić information content (AvgIpc) is 3.40. The summed E-state index contributed by atoms with van der Waals surface area (Å²) in [7, 11) is 2.14. The summed E-state index contributed by atoms with van der Waals surface area (Å²) in [6.07, 6.45) is 2.50. The minimum atomic E-state index is -0.412. The van der Waals surface area contributed by atoms with Crippen LogP contribution in [-0.2, 0) is 24.6 Å². The van der Waals surface area contributed by atoms with Crippen LogP contribution in [0, 0.1) is 0 Å². The van der Waals surface area contributed by atoms with Gasteiger partial charge >= 0.3 is 6.09 Å². The quantitative estimate of drug-likeness (QED) is 0.537. The number of carbonyl (C=O) groups is 1. The molecule has 1 atom stereocenters. The zero-order valence-electron chi connectivity index (χ0n) is 19.9. The third-order valence-electron chi connectivity index (χ3n) is 7.00. The molecule has 1 fully saturated rings. The highest BCUT2D eigenvalue weighted by Crippen LogP contribution is 2.39. The lowest BCUT2D eigenvalue weighted by molar-refractivity contribution is 0.0381. The minimum absolute atomic E-state index is 0.360. The molecule has 0 spiro atoms. The molecular formula is C27H34N4O3. The van der Waals surface area contributed by atoms with Gasteiger partial charge in [0.2, 0.25) is 0 Å². The molecule has 1 saturated heterocycles. The van der Waals surface area contributed by atoms with Gasteiger partial charge in [-0.15, -0.1) is 0 Å². The first-order chi connectivity index (χ1) is 16.7. The molecule has 34 heavy (non-hydrogen) atoms. The number of nitrogens with zero attached hydrogens (tertiary/aromatic N) is 2. The van der Waals surface area contributed by atoms with Gasteiger partial charge < -0.3 is 24.7 Å². The molecule has 1 aliphatic carbocycles. The number of hydrogen-bond acceptors (Lipinski definition) is 5. The Hall–Kier alpha value is -2.87. The second kappa shape index (κ2) is 10.6. The molecule has 3 aromatic rings. The number of benzene rings is 2. The zero-order chi connectivity index (χ0) is 23.3. The van der Waals surface area contributed by atoms with Crippen LogP contribution in [-0.4, -0.2) is 61.5 Å². The summed E-state index contributed by atoms with van der Waals surface area (Å²) in [4.78, 5) is 14.8. The van der Waals surface area contributed by atoms with E-state index in [1.807, 2.05) is 30.3 Å². The monoisotopic (exact) mass is 462 g/mol. The van der Waals surface area contributed by atoms with Gasteiger partial charge in [-0.1, -0.05) is 30.3 Å². The summed E-state index contributed by atoms with van der Waals surface area (Å²) >= 11 is 0. The fraction of sp³-hybridized carbons (Fsp3) is 0.444. The third kappa shape index (κ3) is 5.12. The highest BCUT2D eigenvalue weighted by atomic mass is 16.6. The summed E-state index contributed by atoms with van der Waals surface area (Å²) in [6.45, 7) is 6.30. The molecule has 0 saturated carbocycles. The van der Waals surface area contributed by atoms with Gasteiger partial charge in [-0.2, -0.15) is 0 Å². The van der Waals surface area contributed by atoms with Crippen LogP contribution in [0.5, 0.6) is 5.75 Å². The van der Waals surface area contributed by atoms with Crippen molar-refractivity contribution in [2.24, 2.45) is 7.05 Å². The van der Waals surface area contributed by atoms with Gasteiger partial charge in [0.15, 0.2) is 0 Å². The van der Waals surface area contributed by atoms with Crippen LogP contribution in [0.4, 0.5) is 4.79 Å². The number of rotatable bonds is 8. The Bertz CT molecular complexity index is 1120. The Labute approximate surface area is 201 Å².